The number of piperidine rings is 1. The maximum atomic E-state index is 13.4. The van der Waals surface area contributed by atoms with E-state index < -0.39 is 5.60 Å². The maximum Gasteiger partial charge on any atom is 0.259 e. The summed E-state index contributed by atoms with van der Waals surface area (Å²) in [6.07, 6.45) is 9.10. The van der Waals surface area contributed by atoms with Gasteiger partial charge in [-0.3, -0.25) is 4.79 Å². The summed E-state index contributed by atoms with van der Waals surface area (Å²) in [6, 6.07) is 9.60. The first-order valence-electron chi connectivity index (χ1n) is 10.4. The van der Waals surface area contributed by atoms with Gasteiger partial charge >= 0.3 is 0 Å². The van der Waals surface area contributed by atoms with Gasteiger partial charge in [0.2, 0.25) is 0 Å². The molecule has 0 aromatic heterocycles. The van der Waals surface area contributed by atoms with Crippen molar-refractivity contribution in [3.05, 3.63) is 35.9 Å². The highest BCUT2D eigenvalue weighted by Crippen LogP contribution is 2.40. The van der Waals surface area contributed by atoms with E-state index in [1.54, 1.807) is 4.90 Å². The summed E-state index contributed by atoms with van der Waals surface area (Å²) in [4.78, 5) is 17.6. The Hall–Kier alpha value is -1.39. The van der Waals surface area contributed by atoms with E-state index in [1.807, 2.05) is 37.4 Å². The molecule has 4 nitrogen and oxygen atoms in total. The van der Waals surface area contributed by atoms with Gasteiger partial charge in [-0.15, -0.1) is 0 Å². The van der Waals surface area contributed by atoms with Crippen molar-refractivity contribution < 1.29 is 9.90 Å². The summed E-state index contributed by atoms with van der Waals surface area (Å²) >= 11 is 0. The van der Waals surface area contributed by atoms with E-state index in [0.29, 0.717) is 6.54 Å². The summed E-state index contributed by atoms with van der Waals surface area (Å²) < 4.78 is 0. The number of hydrogen-bond donors (Lipinski definition) is 1. The Labute approximate surface area is 158 Å². The third kappa shape index (κ3) is 4.29. The second-order valence-electron chi connectivity index (χ2n) is 8.10. The SMILES string of the molecule is CN(CCN1CCCCC1)C(=O)[C@@](O)(c1ccccc1)C1CCCCC1. The van der Waals surface area contributed by atoms with Crippen molar-refractivity contribution in [2.45, 2.75) is 57.0 Å². The minimum absolute atomic E-state index is 0.0172. The van der Waals surface area contributed by atoms with Crippen molar-refractivity contribution >= 4 is 5.91 Å². The standard InChI is InChI=1S/C22H34N2O2/c1-23(17-18-24-15-9-4-10-16-24)21(25)22(26,19-11-5-2-6-12-19)20-13-7-3-8-14-20/h2,5-6,11-12,20,26H,3-4,7-10,13-18H2,1H3/t22-/m1/s1. The van der Waals surface area contributed by atoms with Gasteiger partial charge in [0, 0.05) is 26.1 Å². The lowest BCUT2D eigenvalue weighted by Gasteiger charge is -2.40. The van der Waals surface area contributed by atoms with Crippen molar-refractivity contribution in [3.63, 3.8) is 0 Å². The topological polar surface area (TPSA) is 43.8 Å². The molecular formula is C22H34N2O2. The molecule has 1 heterocycles. The molecule has 26 heavy (non-hydrogen) atoms. The van der Waals surface area contributed by atoms with Gasteiger partial charge in [0.25, 0.3) is 5.91 Å². The highest BCUT2D eigenvalue weighted by molar-refractivity contribution is 5.86. The predicted octanol–water partition coefficient (Wildman–Crippen LogP) is 3.40. The van der Waals surface area contributed by atoms with Crippen LogP contribution in [-0.4, -0.2) is 54.0 Å². The molecule has 0 unspecified atom stereocenters. The normalized spacial score (nSPS) is 21.9. The minimum atomic E-state index is -1.39. The minimum Gasteiger partial charge on any atom is -0.375 e. The molecule has 1 atom stereocenters. The van der Waals surface area contributed by atoms with Gasteiger partial charge in [-0.25, -0.2) is 0 Å². The molecule has 1 aliphatic heterocycles. The zero-order valence-corrected chi connectivity index (χ0v) is 16.2. The van der Waals surface area contributed by atoms with Crippen LogP contribution in [0.15, 0.2) is 30.3 Å². The third-order valence-corrected chi connectivity index (χ3v) is 6.28. The zero-order valence-electron chi connectivity index (χ0n) is 16.2. The number of rotatable bonds is 6. The van der Waals surface area contributed by atoms with Crippen LogP contribution in [0.5, 0.6) is 0 Å². The van der Waals surface area contributed by atoms with Gasteiger partial charge < -0.3 is 14.9 Å². The molecule has 4 heteroatoms. The summed E-state index contributed by atoms with van der Waals surface area (Å²) in [6.45, 7) is 3.85. The van der Waals surface area contributed by atoms with Crippen molar-refractivity contribution in [1.82, 2.24) is 9.80 Å². The van der Waals surface area contributed by atoms with Crippen LogP contribution < -0.4 is 0 Å². The Morgan fingerprint density at radius 1 is 1.08 bits per heavy atom. The fraction of sp³-hybridized carbons (Fsp3) is 0.682. The Bertz CT molecular complexity index is 565. The fourth-order valence-electron chi connectivity index (χ4n) is 4.61. The first-order chi connectivity index (χ1) is 12.6. The van der Waals surface area contributed by atoms with Crippen LogP contribution in [-0.2, 0) is 10.4 Å². The van der Waals surface area contributed by atoms with Crippen LogP contribution in [0.1, 0.15) is 56.9 Å². The van der Waals surface area contributed by atoms with Crippen molar-refractivity contribution in [2.24, 2.45) is 5.92 Å². The quantitative estimate of drug-likeness (QED) is 0.848. The first-order valence-corrected chi connectivity index (χ1v) is 10.4. The van der Waals surface area contributed by atoms with Crippen molar-refractivity contribution in [2.75, 3.05) is 33.2 Å². The van der Waals surface area contributed by atoms with Crippen molar-refractivity contribution in [1.29, 1.82) is 0 Å². The molecule has 144 valence electrons. The van der Waals surface area contributed by atoms with Gasteiger partial charge in [-0.2, -0.15) is 0 Å². The molecule has 2 aliphatic rings. The molecular weight excluding hydrogens is 324 g/mol. The van der Waals surface area contributed by atoms with Crippen LogP contribution in [0.3, 0.4) is 0 Å². The number of carbonyl (C=O) groups is 1. The summed E-state index contributed by atoms with van der Waals surface area (Å²) in [5.41, 5.74) is -0.639. The molecule has 1 saturated carbocycles. The molecule has 0 radical (unpaired) electrons. The van der Waals surface area contributed by atoms with E-state index in [1.165, 1.54) is 25.7 Å². The highest BCUT2D eigenvalue weighted by Gasteiger charge is 2.46. The molecule has 0 spiro atoms. The lowest BCUT2D eigenvalue weighted by atomic mass is 9.72. The molecule has 1 saturated heterocycles. The Kier molecular flexibility index (Phi) is 6.71. The van der Waals surface area contributed by atoms with E-state index in [4.69, 9.17) is 0 Å². The number of benzene rings is 1. The van der Waals surface area contributed by atoms with Gasteiger partial charge in [-0.05, 0) is 44.3 Å². The number of aliphatic hydroxyl groups is 1. The van der Waals surface area contributed by atoms with E-state index >= 15 is 0 Å². The lowest BCUT2D eigenvalue weighted by Crippen LogP contribution is -2.52. The average molecular weight is 359 g/mol. The maximum absolute atomic E-state index is 13.4. The summed E-state index contributed by atoms with van der Waals surface area (Å²) in [5.74, 6) is -0.115. The molecule has 3 rings (SSSR count). The third-order valence-electron chi connectivity index (χ3n) is 6.28. The number of likely N-dealkylation sites (tertiary alicyclic amines) is 1. The second-order valence-corrected chi connectivity index (χ2v) is 8.10. The van der Waals surface area contributed by atoms with E-state index in [-0.39, 0.29) is 11.8 Å². The average Bonchev–Trinajstić information content (AvgIpc) is 2.73. The number of nitrogens with zero attached hydrogens (tertiary/aromatic N) is 2. The number of hydrogen-bond acceptors (Lipinski definition) is 3. The largest absolute Gasteiger partial charge is 0.375 e. The number of likely N-dealkylation sites (N-methyl/N-ethyl adjacent to an activating group) is 1. The predicted molar refractivity (Wildman–Crippen MR) is 105 cm³/mol. The lowest BCUT2D eigenvalue weighted by molar-refractivity contribution is -0.160. The number of amides is 1. The fourth-order valence-corrected chi connectivity index (χ4v) is 4.61. The van der Waals surface area contributed by atoms with E-state index in [9.17, 15) is 9.90 Å². The smallest absolute Gasteiger partial charge is 0.259 e. The van der Waals surface area contributed by atoms with E-state index in [2.05, 4.69) is 4.90 Å². The molecule has 1 amide bonds. The highest BCUT2D eigenvalue weighted by atomic mass is 16.3. The molecule has 0 bridgehead atoms. The Morgan fingerprint density at radius 2 is 1.69 bits per heavy atom. The van der Waals surface area contributed by atoms with Gasteiger partial charge in [0.05, 0.1) is 0 Å². The molecule has 1 aromatic carbocycles. The van der Waals surface area contributed by atoms with Crippen LogP contribution in [0.25, 0.3) is 0 Å². The molecule has 1 aliphatic carbocycles. The van der Waals surface area contributed by atoms with Crippen LogP contribution in [0.4, 0.5) is 0 Å². The Balaban J connectivity index is 1.73. The zero-order chi connectivity index (χ0) is 18.4. The van der Waals surface area contributed by atoms with Gasteiger partial charge in [-0.1, -0.05) is 56.0 Å². The van der Waals surface area contributed by atoms with E-state index in [0.717, 1.165) is 50.9 Å². The monoisotopic (exact) mass is 358 g/mol. The molecule has 1 aromatic rings. The van der Waals surface area contributed by atoms with Crippen LogP contribution in [0.2, 0.25) is 0 Å². The van der Waals surface area contributed by atoms with Crippen molar-refractivity contribution in [3.8, 4) is 0 Å². The molecule has 2 fully saturated rings. The number of carbonyl (C=O) groups excluding carboxylic acids is 1. The van der Waals surface area contributed by atoms with Crippen LogP contribution >= 0.6 is 0 Å². The van der Waals surface area contributed by atoms with Gasteiger partial charge in [0.15, 0.2) is 5.60 Å². The Morgan fingerprint density at radius 3 is 2.35 bits per heavy atom. The first kappa shape index (κ1) is 19.4. The van der Waals surface area contributed by atoms with Gasteiger partial charge in [0.1, 0.15) is 0 Å². The summed E-state index contributed by atoms with van der Waals surface area (Å²) in [7, 11) is 1.85. The second kappa shape index (κ2) is 9.01. The summed E-state index contributed by atoms with van der Waals surface area (Å²) in [5, 5.41) is 11.7. The molecule has 1 N–H and O–H groups in total. The van der Waals surface area contributed by atoms with Crippen LogP contribution in [0, 0.1) is 5.92 Å².